The molecule has 1 unspecified atom stereocenters. The molecule has 0 spiro atoms. The van der Waals surface area contributed by atoms with E-state index < -0.39 is 11.5 Å². The van der Waals surface area contributed by atoms with Gasteiger partial charge in [-0.15, -0.1) is 0 Å². The molecule has 0 fully saturated rings. The van der Waals surface area contributed by atoms with Crippen molar-refractivity contribution >= 4 is 23.2 Å². The van der Waals surface area contributed by atoms with Crippen LogP contribution in [0.25, 0.3) is 11.1 Å². The first-order chi connectivity index (χ1) is 14.7. The fourth-order valence-corrected chi connectivity index (χ4v) is 2.85. The molecule has 3 rings (SSSR count). The minimum absolute atomic E-state index is 0.0911. The van der Waals surface area contributed by atoms with Crippen LogP contribution in [-0.4, -0.2) is 17.9 Å². The van der Waals surface area contributed by atoms with Gasteiger partial charge >= 0.3 is 0 Å². The standard InChI is InChI=1S/C26H28N2O3/c1-18(31-23-15-13-20(14-16-23)19-9-6-5-7-10-19)24(29)27-21-11-8-12-22(17-21)28-25(30)26(2,3)4/h5-18H,1-4H3,(H,27,29)(H,28,30). The number of anilines is 2. The largest absolute Gasteiger partial charge is 0.481 e. The number of nitrogens with one attached hydrogen (secondary N) is 2. The van der Waals surface area contributed by atoms with E-state index in [2.05, 4.69) is 10.6 Å². The zero-order chi connectivity index (χ0) is 22.4. The molecule has 0 aliphatic heterocycles. The summed E-state index contributed by atoms with van der Waals surface area (Å²) in [5.74, 6) is 0.256. The molecule has 3 aromatic rings. The molecule has 0 bridgehead atoms. The van der Waals surface area contributed by atoms with Crippen molar-refractivity contribution in [3.05, 3.63) is 78.9 Å². The van der Waals surface area contributed by atoms with Crippen LogP contribution < -0.4 is 15.4 Å². The van der Waals surface area contributed by atoms with Gasteiger partial charge in [-0.2, -0.15) is 0 Å². The van der Waals surface area contributed by atoms with Crippen LogP contribution in [-0.2, 0) is 9.59 Å². The molecule has 0 aliphatic rings. The molecule has 0 aromatic heterocycles. The van der Waals surface area contributed by atoms with E-state index in [1.165, 1.54) is 0 Å². The molecule has 0 saturated heterocycles. The maximum absolute atomic E-state index is 12.6. The number of amides is 2. The third-order valence-corrected chi connectivity index (χ3v) is 4.71. The van der Waals surface area contributed by atoms with Crippen molar-refractivity contribution in [2.75, 3.05) is 10.6 Å². The van der Waals surface area contributed by atoms with Crippen LogP contribution in [0.3, 0.4) is 0 Å². The topological polar surface area (TPSA) is 67.4 Å². The van der Waals surface area contributed by atoms with Gasteiger partial charge < -0.3 is 15.4 Å². The van der Waals surface area contributed by atoms with Gasteiger partial charge in [0.2, 0.25) is 5.91 Å². The molecular formula is C26H28N2O3. The Morgan fingerprint density at radius 3 is 1.97 bits per heavy atom. The van der Waals surface area contributed by atoms with Crippen molar-refractivity contribution in [3.63, 3.8) is 0 Å². The average Bonchev–Trinajstić information content (AvgIpc) is 2.74. The molecule has 0 aliphatic carbocycles. The number of carbonyl (C=O) groups excluding carboxylic acids is 2. The number of benzene rings is 3. The van der Waals surface area contributed by atoms with Crippen molar-refractivity contribution in [1.82, 2.24) is 0 Å². The first-order valence-electron chi connectivity index (χ1n) is 10.3. The molecule has 5 nitrogen and oxygen atoms in total. The number of rotatable bonds is 6. The molecule has 31 heavy (non-hydrogen) atoms. The van der Waals surface area contributed by atoms with E-state index in [1.54, 1.807) is 31.2 Å². The van der Waals surface area contributed by atoms with E-state index in [0.29, 0.717) is 17.1 Å². The first kappa shape index (κ1) is 22.1. The molecule has 0 saturated carbocycles. The van der Waals surface area contributed by atoms with Crippen LogP contribution in [0, 0.1) is 5.41 Å². The fourth-order valence-electron chi connectivity index (χ4n) is 2.85. The van der Waals surface area contributed by atoms with Crippen LogP contribution in [0.1, 0.15) is 27.7 Å². The Balaban J connectivity index is 1.59. The number of carbonyl (C=O) groups is 2. The molecule has 1 atom stereocenters. The van der Waals surface area contributed by atoms with Crippen LogP contribution in [0.2, 0.25) is 0 Å². The van der Waals surface area contributed by atoms with Gasteiger partial charge in [0.15, 0.2) is 6.10 Å². The van der Waals surface area contributed by atoms with E-state index >= 15 is 0 Å². The molecular weight excluding hydrogens is 388 g/mol. The number of ether oxygens (including phenoxy) is 1. The summed E-state index contributed by atoms with van der Waals surface area (Å²) in [6.45, 7) is 7.24. The molecule has 2 amide bonds. The highest BCUT2D eigenvalue weighted by Crippen LogP contribution is 2.23. The summed E-state index contributed by atoms with van der Waals surface area (Å²) in [6, 6.07) is 24.8. The van der Waals surface area contributed by atoms with Gasteiger partial charge in [-0.3, -0.25) is 9.59 Å². The van der Waals surface area contributed by atoms with E-state index in [0.717, 1.165) is 11.1 Å². The first-order valence-corrected chi connectivity index (χ1v) is 10.3. The van der Waals surface area contributed by atoms with E-state index in [-0.39, 0.29) is 11.8 Å². The second-order valence-electron chi connectivity index (χ2n) is 8.42. The maximum Gasteiger partial charge on any atom is 0.265 e. The van der Waals surface area contributed by atoms with Crippen LogP contribution >= 0.6 is 0 Å². The van der Waals surface area contributed by atoms with Crippen LogP contribution in [0.15, 0.2) is 78.9 Å². The third kappa shape index (κ3) is 6.19. The van der Waals surface area contributed by atoms with Crippen molar-refractivity contribution < 1.29 is 14.3 Å². The lowest BCUT2D eigenvalue weighted by atomic mass is 9.95. The molecule has 0 heterocycles. The van der Waals surface area contributed by atoms with Crippen molar-refractivity contribution in [2.24, 2.45) is 5.41 Å². The SMILES string of the molecule is CC(Oc1ccc(-c2ccccc2)cc1)C(=O)Nc1cccc(NC(=O)C(C)(C)C)c1. The molecule has 3 aromatic carbocycles. The maximum atomic E-state index is 12.6. The van der Waals surface area contributed by atoms with Crippen molar-refractivity contribution in [2.45, 2.75) is 33.8 Å². The Labute approximate surface area is 183 Å². The summed E-state index contributed by atoms with van der Waals surface area (Å²) in [5, 5.41) is 5.70. The second kappa shape index (κ2) is 9.47. The number of hydrogen-bond acceptors (Lipinski definition) is 3. The Hall–Kier alpha value is -3.60. The highest BCUT2D eigenvalue weighted by molar-refractivity contribution is 5.97. The Bertz CT molecular complexity index is 1040. The lowest BCUT2D eigenvalue weighted by Gasteiger charge is -2.18. The zero-order valence-electron chi connectivity index (χ0n) is 18.3. The summed E-state index contributed by atoms with van der Waals surface area (Å²) in [6.07, 6.45) is -0.685. The van der Waals surface area contributed by atoms with E-state index in [4.69, 9.17) is 4.74 Å². The van der Waals surface area contributed by atoms with Gasteiger partial charge in [0.1, 0.15) is 5.75 Å². The fraction of sp³-hybridized carbons (Fsp3) is 0.231. The molecule has 160 valence electrons. The summed E-state index contributed by atoms with van der Waals surface area (Å²) in [7, 11) is 0. The Morgan fingerprint density at radius 2 is 1.35 bits per heavy atom. The van der Waals surface area contributed by atoms with Gasteiger partial charge in [0.05, 0.1) is 0 Å². The summed E-state index contributed by atoms with van der Waals surface area (Å²) in [5.41, 5.74) is 2.92. The summed E-state index contributed by atoms with van der Waals surface area (Å²) < 4.78 is 5.80. The second-order valence-corrected chi connectivity index (χ2v) is 8.42. The monoisotopic (exact) mass is 416 g/mol. The van der Waals surface area contributed by atoms with E-state index in [1.807, 2.05) is 75.4 Å². The predicted octanol–water partition coefficient (Wildman–Crippen LogP) is 5.74. The van der Waals surface area contributed by atoms with Gasteiger partial charge in [0, 0.05) is 16.8 Å². The van der Waals surface area contributed by atoms with Crippen LogP contribution in [0.5, 0.6) is 5.75 Å². The minimum Gasteiger partial charge on any atom is -0.481 e. The quantitative estimate of drug-likeness (QED) is 0.538. The van der Waals surface area contributed by atoms with Gasteiger partial charge in [-0.05, 0) is 48.4 Å². The average molecular weight is 417 g/mol. The summed E-state index contributed by atoms with van der Waals surface area (Å²) in [4.78, 5) is 24.7. The van der Waals surface area contributed by atoms with E-state index in [9.17, 15) is 9.59 Å². The summed E-state index contributed by atoms with van der Waals surface area (Å²) >= 11 is 0. The van der Waals surface area contributed by atoms with Gasteiger partial charge in [-0.25, -0.2) is 0 Å². The third-order valence-electron chi connectivity index (χ3n) is 4.71. The lowest BCUT2D eigenvalue weighted by Crippen LogP contribution is -2.30. The normalized spacial score (nSPS) is 12.0. The molecule has 0 radical (unpaired) electrons. The molecule has 2 N–H and O–H groups in total. The lowest BCUT2D eigenvalue weighted by molar-refractivity contribution is -0.123. The minimum atomic E-state index is -0.685. The Morgan fingerprint density at radius 1 is 0.774 bits per heavy atom. The highest BCUT2D eigenvalue weighted by Gasteiger charge is 2.21. The highest BCUT2D eigenvalue weighted by atomic mass is 16.5. The Kier molecular flexibility index (Phi) is 6.75. The van der Waals surface area contributed by atoms with Gasteiger partial charge in [0.25, 0.3) is 5.91 Å². The predicted molar refractivity (Wildman–Crippen MR) is 125 cm³/mol. The zero-order valence-corrected chi connectivity index (χ0v) is 18.3. The van der Waals surface area contributed by atoms with Crippen molar-refractivity contribution in [1.29, 1.82) is 0 Å². The van der Waals surface area contributed by atoms with Crippen LogP contribution in [0.4, 0.5) is 11.4 Å². The molecule has 5 heteroatoms. The number of hydrogen-bond donors (Lipinski definition) is 2. The van der Waals surface area contributed by atoms with Gasteiger partial charge in [-0.1, -0.05) is 69.3 Å². The van der Waals surface area contributed by atoms with Crippen molar-refractivity contribution in [3.8, 4) is 16.9 Å². The smallest absolute Gasteiger partial charge is 0.265 e.